The third kappa shape index (κ3) is 5.87. The molecule has 3 aromatic heterocycles. The molecule has 1 amide bonds. The number of carbonyl (C=O) groups is 1. The normalized spacial score (nSPS) is 13.4. The zero-order valence-electron chi connectivity index (χ0n) is 20.1. The van der Waals surface area contributed by atoms with E-state index in [1.54, 1.807) is 35.5 Å². The highest BCUT2D eigenvalue weighted by Crippen LogP contribution is 2.25. The Morgan fingerprint density at radius 1 is 1.05 bits per heavy atom. The number of nitrogens with zero attached hydrogens (tertiary/aromatic N) is 6. The van der Waals surface area contributed by atoms with E-state index in [0.717, 1.165) is 5.69 Å². The highest BCUT2D eigenvalue weighted by atomic mass is 35.5. The zero-order valence-corrected chi connectivity index (χ0v) is 20.8. The van der Waals surface area contributed by atoms with Gasteiger partial charge in [-0.25, -0.2) is 29.3 Å². The summed E-state index contributed by atoms with van der Waals surface area (Å²) in [6, 6.07) is 12.0. The smallest absolute Gasteiger partial charge is 0.258 e. The first-order valence-electron chi connectivity index (χ1n) is 11.8. The van der Waals surface area contributed by atoms with Gasteiger partial charge in [-0.15, -0.1) is 0 Å². The minimum Gasteiger partial charge on any atom is -0.336 e. The summed E-state index contributed by atoms with van der Waals surface area (Å²) in [5.41, 5.74) is 2.00. The third-order valence-corrected chi connectivity index (χ3v) is 6.11. The molecule has 0 saturated carbocycles. The number of piperazine rings is 1. The zero-order chi connectivity index (χ0) is 25.8. The van der Waals surface area contributed by atoms with Gasteiger partial charge in [-0.2, -0.15) is 0 Å². The van der Waals surface area contributed by atoms with Gasteiger partial charge in [0.15, 0.2) is 5.82 Å². The van der Waals surface area contributed by atoms with E-state index in [1.807, 2.05) is 25.1 Å². The van der Waals surface area contributed by atoms with E-state index in [-0.39, 0.29) is 17.0 Å². The van der Waals surface area contributed by atoms with E-state index >= 15 is 0 Å². The number of carbonyl (C=O) groups excluding carboxylic acids is 1. The number of benzene rings is 1. The number of aromatic nitrogens is 5. The number of amides is 1. The van der Waals surface area contributed by atoms with Crippen molar-refractivity contribution in [2.75, 3.05) is 31.5 Å². The monoisotopic (exact) mass is 518 g/mol. The molecule has 188 valence electrons. The Hall–Kier alpha value is -4.02. The first-order valence-corrected chi connectivity index (χ1v) is 12.2. The van der Waals surface area contributed by atoms with Gasteiger partial charge in [-0.05, 0) is 48.9 Å². The van der Waals surface area contributed by atoms with Gasteiger partial charge in [0, 0.05) is 50.7 Å². The van der Waals surface area contributed by atoms with Gasteiger partial charge < -0.3 is 15.5 Å². The number of anilines is 2. The molecule has 2 N–H and O–H groups in total. The molecule has 37 heavy (non-hydrogen) atoms. The topological polar surface area (TPSA) is 109 Å². The summed E-state index contributed by atoms with van der Waals surface area (Å²) in [4.78, 5) is 36.5. The van der Waals surface area contributed by atoms with Gasteiger partial charge in [0.05, 0.1) is 10.6 Å². The second-order valence-corrected chi connectivity index (χ2v) is 8.97. The van der Waals surface area contributed by atoms with Crippen molar-refractivity contribution < 1.29 is 9.18 Å². The number of pyridine rings is 1. The number of rotatable bonds is 6. The average Bonchev–Trinajstić information content (AvgIpc) is 2.89. The van der Waals surface area contributed by atoms with Crippen LogP contribution in [-0.4, -0.2) is 61.9 Å². The van der Waals surface area contributed by atoms with Crippen molar-refractivity contribution in [2.24, 2.45) is 0 Å². The molecule has 5 rings (SSSR count). The largest absolute Gasteiger partial charge is 0.336 e. The van der Waals surface area contributed by atoms with Crippen molar-refractivity contribution >= 4 is 29.1 Å². The Bertz CT molecular complexity index is 1420. The molecular formula is C26H24ClFN8O. The molecule has 4 heterocycles. The van der Waals surface area contributed by atoms with E-state index in [0.29, 0.717) is 60.7 Å². The molecule has 1 aliphatic rings. The van der Waals surface area contributed by atoms with Gasteiger partial charge >= 0.3 is 0 Å². The average molecular weight is 519 g/mol. The number of hydrogen-bond donors (Lipinski definition) is 2. The Morgan fingerprint density at radius 2 is 1.81 bits per heavy atom. The quantitative estimate of drug-likeness (QED) is 0.396. The number of aryl methyl sites for hydroxylation is 1. The maximum absolute atomic E-state index is 15.0. The lowest BCUT2D eigenvalue weighted by Gasteiger charge is -2.28. The van der Waals surface area contributed by atoms with Crippen molar-refractivity contribution in [2.45, 2.75) is 13.3 Å². The van der Waals surface area contributed by atoms with Gasteiger partial charge in [0.25, 0.3) is 5.91 Å². The fourth-order valence-corrected chi connectivity index (χ4v) is 4.36. The van der Waals surface area contributed by atoms with Gasteiger partial charge in [-0.3, -0.25) is 4.79 Å². The number of nitrogens with one attached hydrogen (secondary N) is 2. The number of halogens is 2. The van der Waals surface area contributed by atoms with Crippen LogP contribution in [0.4, 0.5) is 16.0 Å². The molecule has 9 nitrogen and oxygen atoms in total. The van der Waals surface area contributed by atoms with Crippen molar-refractivity contribution in [1.82, 2.24) is 35.1 Å². The fourth-order valence-electron chi connectivity index (χ4n) is 4.05. The molecule has 1 aliphatic heterocycles. The van der Waals surface area contributed by atoms with Gasteiger partial charge in [0.2, 0.25) is 0 Å². The van der Waals surface area contributed by atoms with E-state index in [9.17, 15) is 9.18 Å². The minimum atomic E-state index is -0.654. The summed E-state index contributed by atoms with van der Waals surface area (Å²) in [5, 5.41) is 6.40. The molecule has 0 spiro atoms. The van der Waals surface area contributed by atoms with E-state index < -0.39 is 11.7 Å². The summed E-state index contributed by atoms with van der Waals surface area (Å²) in [6.07, 6.45) is 3.48. The predicted molar refractivity (Wildman–Crippen MR) is 138 cm³/mol. The van der Waals surface area contributed by atoms with Crippen LogP contribution < -0.4 is 10.6 Å². The van der Waals surface area contributed by atoms with Crippen molar-refractivity contribution in [3.8, 4) is 11.5 Å². The standard InChI is InChI=1S/C26H24ClFN8O/c1-16-3-2-4-20(32-16)25-31-8-6-22(35-25)33-21-5-7-30-23(34-21)15-17-13-18(27)24(19(28)14-17)26(37)36-11-9-29-10-12-36/h2-8,13-14,29H,9-12,15H2,1H3,(H,30,31,33,34,35). The molecule has 1 saturated heterocycles. The maximum Gasteiger partial charge on any atom is 0.258 e. The Morgan fingerprint density at radius 3 is 2.57 bits per heavy atom. The third-order valence-electron chi connectivity index (χ3n) is 5.82. The summed E-state index contributed by atoms with van der Waals surface area (Å²) < 4.78 is 15.0. The summed E-state index contributed by atoms with van der Waals surface area (Å²) in [6.45, 7) is 4.28. The second kappa shape index (κ2) is 10.9. The molecule has 1 fully saturated rings. The molecule has 0 atom stereocenters. The molecule has 11 heteroatoms. The van der Waals surface area contributed by atoms with Crippen LogP contribution in [0.5, 0.6) is 0 Å². The van der Waals surface area contributed by atoms with Gasteiger partial charge in [0.1, 0.15) is 29.0 Å². The van der Waals surface area contributed by atoms with Crippen LogP contribution in [0.3, 0.4) is 0 Å². The van der Waals surface area contributed by atoms with Crippen molar-refractivity contribution in [3.63, 3.8) is 0 Å². The van der Waals surface area contributed by atoms with Crippen molar-refractivity contribution in [3.05, 3.63) is 88.3 Å². The predicted octanol–water partition coefficient (Wildman–Crippen LogP) is 3.81. The Labute approximate surface area is 218 Å². The van der Waals surface area contributed by atoms with Crippen LogP contribution >= 0.6 is 11.6 Å². The molecule has 0 radical (unpaired) electrons. The van der Waals surface area contributed by atoms with Crippen LogP contribution in [0, 0.1) is 12.7 Å². The lowest BCUT2D eigenvalue weighted by Crippen LogP contribution is -2.46. The number of hydrogen-bond acceptors (Lipinski definition) is 8. The maximum atomic E-state index is 15.0. The summed E-state index contributed by atoms with van der Waals surface area (Å²) in [7, 11) is 0. The first-order chi connectivity index (χ1) is 18.0. The second-order valence-electron chi connectivity index (χ2n) is 8.57. The molecule has 0 aliphatic carbocycles. The fraction of sp³-hybridized carbons (Fsp3) is 0.231. The lowest BCUT2D eigenvalue weighted by atomic mass is 10.1. The van der Waals surface area contributed by atoms with Gasteiger partial charge in [-0.1, -0.05) is 17.7 Å². The molecule has 0 unspecified atom stereocenters. The van der Waals surface area contributed by atoms with Crippen LogP contribution in [0.1, 0.15) is 27.4 Å². The summed E-state index contributed by atoms with van der Waals surface area (Å²) >= 11 is 6.35. The highest BCUT2D eigenvalue weighted by Gasteiger charge is 2.24. The lowest BCUT2D eigenvalue weighted by molar-refractivity contribution is 0.0731. The van der Waals surface area contributed by atoms with Crippen LogP contribution in [-0.2, 0) is 6.42 Å². The van der Waals surface area contributed by atoms with Crippen molar-refractivity contribution in [1.29, 1.82) is 0 Å². The highest BCUT2D eigenvalue weighted by molar-refractivity contribution is 6.34. The van der Waals surface area contributed by atoms with E-state index in [2.05, 4.69) is 35.6 Å². The Balaban J connectivity index is 1.31. The molecule has 0 bridgehead atoms. The molecular weight excluding hydrogens is 495 g/mol. The van der Waals surface area contributed by atoms with Crippen LogP contribution in [0.15, 0.2) is 54.9 Å². The molecule has 1 aromatic carbocycles. The SMILES string of the molecule is Cc1cccc(-c2nccc(Nc3ccnc(Cc4cc(F)c(C(=O)N5CCNCC5)c(Cl)c4)n3)n2)n1. The molecule has 4 aromatic rings. The van der Waals surface area contributed by atoms with E-state index in [1.165, 1.54) is 6.07 Å². The Kier molecular flexibility index (Phi) is 7.29. The van der Waals surface area contributed by atoms with Crippen LogP contribution in [0.2, 0.25) is 5.02 Å². The minimum absolute atomic E-state index is 0.0751. The summed E-state index contributed by atoms with van der Waals surface area (Å²) in [5.74, 6) is 0.952. The first kappa shape index (κ1) is 24.7. The van der Waals surface area contributed by atoms with E-state index in [4.69, 9.17) is 11.6 Å². The van der Waals surface area contributed by atoms with Crippen LogP contribution in [0.25, 0.3) is 11.5 Å².